The summed E-state index contributed by atoms with van der Waals surface area (Å²) in [5.41, 5.74) is 1.92. The molecule has 0 spiro atoms. The topological polar surface area (TPSA) is 111 Å². The summed E-state index contributed by atoms with van der Waals surface area (Å²) in [7, 11) is -2.77. The molecule has 4 rings (SSSR count). The van der Waals surface area contributed by atoms with Gasteiger partial charge in [0.2, 0.25) is 0 Å². The van der Waals surface area contributed by atoms with E-state index in [0.717, 1.165) is 6.42 Å². The number of hydrogen-bond acceptors (Lipinski definition) is 5. The largest absolute Gasteiger partial charge is 0.493 e. The fraction of sp³-hybridized carbons (Fsp3) is 0.115. The van der Waals surface area contributed by atoms with Gasteiger partial charge in [-0.15, -0.1) is 0 Å². The van der Waals surface area contributed by atoms with Gasteiger partial charge in [-0.3, -0.25) is 14.4 Å². The van der Waals surface area contributed by atoms with Gasteiger partial charge < -0.3 is 9.47 Å². The van der Waals surface area contributed by atoms with E-state index >= 15 is 0 Å². The zero-order valence-electron chi connectivity index (χ0n) is 19.0. The van der Waals surface area contributed by atoms with Gasteiger partial charge in [0.05, 0.1) is 34.9 Å². The number of nitrogens with one attached hydrogen (secondary N) is 1. The normalized spacial score (nSPS) is 12.0. The Hall–Kier alpha value is -4.08. The van der Waals surface area contributed by atoms with Gasteiger partial charge in [0.1, 0.15) is 0 Å². The third kappa shape index (κ3) is 5.53. The highest BCUT2D eigenvalue weighted by Crippen LogP contribution is 2.28. The Morgan fingerprint density at radius 1 is 1.03 bits per heavy atom. The van der Waals surface area contributed by atoms with E-state index in [2.05, 4.69) is 11.7 Å². The lowest BCUT2D eigenvalue weighted by molar-refractivity contribution is 0.297. The summed E-state index contributed by atoms with van der Waals surface area (Å²) in [5.74, 6) is 1.13. The van der Waals surface area contributed by atoms with Crippen molar-refractivity contribution in [3.63, 3.8) is 0 Å². The van der Waals surface area contributed by atoms with Crippen molar-refractivity contribution in [2.75, 3.05) is 13.7 Å². The van der Waals surface area contributed by atoms with Crippen LogP contribution < -0.4 is 25.6 Å². The first kappa shape index (κ1) is 24.1. The summed E-state index contributed by atoms with van der Waals surface area (Å²) < 4.78 is 44.3. The molecule has 180 valence electrons. The zero-order chi connectivity index (χ0) is 25.0. The summed E-state index contributed by atoms with van der Waals surface area (Å²) >= 11 is 0. The highest BCUT2D eigenvalue weighted by Gasteiger charge is 2.11. The monoisotopic (exact) mass is 492 g/mol. The molecule has 0 saturated heterocycles. The molecule has 4 aromatic rings. The predicted molar refractivity (Wildman–Crippen MR) is 133 cm³/mol. The summed E-state index contributed by atoms with van der Waals surface area (Å²) in [6.07, 6.45) is 2.44. The number of H-pyrrole nitrogens is 1. The zero-order valence-corrected chi connectivity index (χ0v) is 19.8. The standard InChI is InChI=1S/C26H24N2O6S/c1-18-23(26(29)28(27-18)21-9-11-22(12-10-21)35(30,31)32)16-20-8-13-24(25(17-20)33-2)34-15-14-19-6-4-3-5-7-19/h3-13,16-17,27H,1,14-15H2,2H3,(H,30,31,32)/b23-16+. The van der Waals surface area contributed by atoms with Gasteiger partial charge in [-0.1, -0.05) is 43.0 Å². The molecule has 3 aromatic carbocycles. The number of rotatable bonds is 8. The summed E-state index contributed by atoms with van der Waals surface area (Å²) in [5, 5.41) is 3.61. The first-order valence-electron chi connectivity index (χ1n) is 10.7. The van der Waals surface area contributed by atoms with Gasteiger partial charge in [-0.05, 0) is 53.6 Å². The van der Waals surface area contributed by atoms with E-state index in [9.17, 15) is 13.2 Å². The van der Waals surface area contributed by atoms with Crippen LogP contribution in [0.25, 0.3) is 18.3 Å². The Morgan fingerprint density at radius 2 is 1.74 bits per heavy atom. The minimum Gasteiger partial charge on any atom is -0.493 e. The predicted octanol–water partition coefficient (Wildman–Crippen LogP) is 2.28. The van der Waals surface area contributed by atoms with Crippen LogP contribution in [0.15, 0.2) is 82.5 Å². The molecule has 2 N–H and O–H groups in total. The van der Waals surface area contributed by atoms with Gasteiger partial charge in [-0.2, -0.15) is 8.42 Å². The highest BCUT2D eigenvalue weighted by atomic mass is 32.2. The molecular formula is C26H24N2O6S. The molecule has 35 heavy (non-hydrogen) atoms. The smallest absolute Gasteiger partial charge is 0.294 e. The van der Waals surface area contributed by atoms with Gasteiger partial charge in [0.25, 0.3) is 15.7 Å². The van der Waals surface area contributed by atoms with Gasteiger partial charge in [0.15, 0.2) is 11.5 Å². The number of aromatic nitrogens is 2. The average Bonchev–Trinajstić information content (AvgIpc) is 3.13. The molecule has 0 radical (unpaired) electrons. The van der Waals surface area contributed by atoms with Crippen LogP contribution in [0.2, 0.25) is 0 Å². The lowest BCUT2D eigenvalue weighted by atomic mass is 10.1. The van der Waals surface area contributed by atoms with Crippen molar-refractivity contribution >= 4 is 22.8 Å². The second kappa shape index (κ2) is 10.0. The van der Waals surface area contributed by atoms with E-state index in [1.807, 2.05) is 36.4 Å². The fourth-order valence-corrected chi connectivity index (χ4v) is 4.06. The summed E-state index contributed by atoms with van der Waals surface area (Å²) in [6, 6.07) is 20.7. The molecule has 0 unspecified atom stereocenters. The molecule has 0 aliphatic carbocycles. The highest BCUT2D eigenvalue weighted by molar-refractivity contribution is 7.85. The van der Waals surface area contributed by atoms with Crippen LogP contribution in [0.3, 0.4) is 0 Å². The van der Waals surface area contributed by atoms with E-state index in [0.29, 0.717) is 39.9 Å². The van der Waals surface area contributed by atoms with Crippen LogP contribution in [-0.4, -0.2) is 36.5 Å². The molecule has 0 fully saturated rings. The van der Waals surface area contributed by atoms with Crippen molar-refractivity contribution in [1.29, 1.82) is 0 Å². The van der Waals surface area contributed by atoms with Crippen LogP contribution in [0.4, 0.5) is 0 Å². The second-order valence-electron chi connectivity index (χ2n) is 7.75. The third-order valence-electron chi connectivity index (χ3n) is 5.39. The second-order valence-corrected chi connectivity index (χ2v) is 9.17. The first-order valence-corrected chi connectivity index (χ1v) is 12.1. The Kier molecular flexibility index (Phi) is 6.90. The van der Waals surface area contributed by atoms with E-state index < -0.39 is 10.1 Å². The van der Waals surface area contributed by atoms with E-state index in [1.165, 1.54) is 34.5 Å². The molecule has 0 amide bonds. The SMILES string of the molecule is C=c1[nH]n(-c2ccc(S(=O)(=O)O)cc2)c(=O)/c1=C/c1ccc(OCCc2ccccc2)c(OC)c1. The maximum atomic E-state index is 13.0. The molecule has 9 heteroatoms. The van der Waals surface area contributed by atoms with Crippen LogP contribution in [0.1, 0.15) is 11.1 Å². The van der Waals surface area contributed by atoms with Gasteiger partial charge >= 0.3 is 0 Å². The van der Waals surface area contributed by atoms with Crippen molar-refractivity contribution in [2.24, 2.45) is 0 Å². The van der Waals surface area contributed by atoms with E-state index in [1.54, 1.807) is 25.3 Å². The molecular weight excluding hydrogens is 468 g/mol. The number of benzene rings is 3. The van der Waals surface area contributed by atoms with Crippen LogP contribution in [-0.2, 0) is 16.5 Å². The number of nitrogens with zero attached hydrogens (tertiary/aromatic N) is 1. The maximum Gasteiger partial charge on any atom is 0.294 e. The van der Waals surface area contributed by atoms with Gasteiger partial charge in [-0.25, -0.2) is 4.68 Å². The minimum atomic E-state index is -4.32. The lowest BCUT2D eigenvalue weighted by Gasteiger charge is -2.11. The van der Waals surface area contributed by atoms with E-state index in [4.69, 9.17) is 14.0 Å². The Labute approximate surface area is 202 Å². The Morgan fingerprint density at radius 3 is 2.40 bits per heavy atom. The molecule has 0 saturated carbocycles. The van der Waals surface area contributed by atoms with Gasteiger partial charge in [0, 0.05) is 6.42 Å². The molecule has 8 nitrogen and oxygen atoms in total. The Balaban J connectivity index is 1.59. The van der Waals surface area contributed by atoms with Crippen molar-refractivity contribution in [2.45, 2.75) is 11.3 Å². The van der Waals surface area contributed by atoms with Crippen molar-refractivity contribution in [3.05, 3.63) is 105 Å². The first-order chi connectivity index (χ1) is 16.8. The van der Waals surface area contributed by atoms with Crippen LogP contribution >= 0.6 is 0 Å². The fourth-order valence-electron chi connectivity index (χ4n) is 3.58. The number of methoxy groups -OCH3 is 1. The molecule has 0 atom stereocenters. The Bertz CT molecular complexity index is 1610. The molecule has 0 aliphatic heterocycles. The molecule has 1 heterocycles. The van der Waals surface area contributed by atoms with Crippen LogP contribution in [0, 0.1) is 0 Å². The summed E-state index contributed by atoms with van der Waals surface area (Å²) in [6.45, 7) is 4.40. The van der Waals surface area contributed by atoms with Crippen LogP contribution in [0.5, 0.6) is 11.5 Å². The van der Waals surface area contributed by atoms with Crippen molar-refractivity contribution in [3.8, 4) is 17.2 Å². The third-order valence-corrected chi connectivity index (χ3v) is 6.26. The average molecular weight is 493 g/mol. The number of aromatic amines is 1. The molecule has 0 aliphatic rings. The molecule has 1 aromatic heterocycles. The lowest BCUT2D eigenvalue weighted by Crippen LogP contribution is -2.33. The minimum absolute atomic E-state index is 0.263. The summed E-state index contributed by atoms with van der Waals surface area (Å²) in [4.78, 5) is 12.7. The van der Waals surface area contributed by atoms with Crippen molar-refractivity contribution < 1.29 is 22.4 Å². The maximum absolute atomic E-state index is 13.0. The van der Waals surface area contributed by atoms with Crippen molar-refractivity contribution in [1.82, 2.24) is 9.78 Å². The molecule has 0 bridgehead atoms. The number of ether oxygens (including phenoxy) is 2. The quantitative estimate of drug-likeness (QED) is 0.365. The van der Waals surface area contributed by atoms with E-state index in [-0.39, 0.29) is 10.5 Å². The number of hydrogen-bond donors (Lipinski definition) is 2.